The van der Waals surface area contributed by atoms with Crippen LogP contribution in [0.5, 0.6) is 0 Å². The fraction of sp³-hybridized carbons (Fsp3) is 0.765. The predicted octanol–water partition coefficient (Wildman–Crippen LogP) is 3.54. The lowest BCUT2D eigenvalue weighted by molar-refractivity contribution is 0.512. The third-order valence-electron chi connectivity index (χ3n) is 5.02. The SMILES string of the molecule is CCC1CCC(c2nc3c(c(C(C)C)n2)CCNC3)C1. The van der Waals surface area contributed by atoms with Gasteiger partial charge in [0, 0.05) is 12.5 Å². The molecular weight excluding hydrogens is 246 g/mol. The highest BCUT2D eigenvalue weighted by Gasteiger charge is 2.29. The van der Waals surface area contributed by atoms with Gasteiger partial charge in [-0.25, -0.2) is 9.97 Å². The minimum atomic E-state index is 0.506. The van der Waals surface area contributed by atoms with E-state index in [2.05, 4.69) is 26.1 Å². The van der Waals surface area contributed by atoms with Crippen molar-refractivity contribution in [3.63, 3.8) is 0 Å². The van der Waals surface area contributed by atoms with E-state index in [0.29, 0.717) is 11.8 Å². The van der Waals surface area contributed by atoms with Crippen LogP contribution in [-0.2, 0) is 13.0 Å². The maximum Gasteiger partial charge on any atom is 0.132 e. The third-order valence-corrected chi connectivity index (χ3v) is 5.02. The summed E-state index contributed by atoms with van der Waals surface area (Å²) in [5.41, 5.74) is 4.00. The van der Waals surface area contributed by atoms with Crippen LogP contribution in [0.1, 0.15) is 81.1 Å². The molecule has 1 N–H and O–H groups in total. The first kappa shape index (κ1) is 14.0. The molecule has 0 spiro atoms. The molecule has 0 bridgehead atoms. The largest absolute Gasteiger partial charge is 0.311 e. The standard InChI is InChI=1S/C17H27N3/c1-4-12-5-6-13(9-12)17-19-15-10-18-8-7-14(15)16(20-17)11(2)3/h11-13,18H,4-10H2,1-3H3. The van der Waals surface area contributed by atoms with Crippen molar-refractivity contribution in [2.24, 2.45) is 5.92 Å². The van der Waals surface area contributed by atoms with E-state index in [1.807, 2.05) is 0 Å². The Hall–Kier alpha value is -0.960. The van der Waals surface area contributed by atoms with E-state index in [4.69, 9.17) is 9.97 Å². The number of aromatic nitrogens is 2. The van der Waals surface area contributed by atoms with Crippen molar-refractivity contribution in [1.82, 2.24) is 15.3 Å². The topological polar surface area (TPSA) is 37.8 Å². The van der Waals surface area contributed by atoms with Gasteiger partial charge in [-0.1, -0.05) is 27.2 Å². The maximum absolute atomic E-state index is 5.00. The average Bonchev–Trinajstić information content (AvgIpc) is 2.95. The summed E-state index contributed by atoms with van der Waals surface area (Å²) in [6.45, 7) is 8.82. The lowest BCUT2D eigenvalue weighted by Gasteiger charge is -2.23. The van der Waals surface area contributed by atoms with E-state index >= 15 is 0 Å². The quantitative estimate of drug-likeness (QED) is 0.915. The smallest absolute Gasteiger partial charge is 0.132 e. The zero-order chi connectivity index (χ0) is 14.1. The van der Waals surface area contributed by atoms with Crippen molar-refractivity contribution >= 4 is 0 Å². The molecule has 1 aromatic rings. The van der Waals surface area contributed by atoms with Crippen molar-refractivity contribution in [2.75, 3.05) is 6.54 Å². The number of fused-ring (bicyclic) bond motifs is 1. The highest BCUT2D eigenvalue weighted by atomic mass is 15.0. The van der Waals surface area contributed by atoms with E-state index in [1.165, 1.54) is 42.6 Å². The Kier molecular flexibility index (Phi) is 4.06. The summed E-state index contributed by atoms with van der Waals surface area (Å²) in [4.78, 5) is 9.93. The fourth-order valence-corrected chi connectivity index (χ4v) is 3.75. The number of hydrogen-bond acceptors (Lipinski definition) is 3. The summed E-state index contributed by atoms with van der Waals surface area (Å²) in [6, 6.07) is 0. The van der Waals surface area contributed by atoms with Gasteiger partial charge >= 0.3 is 0 Å². The van der Waals surface area contributed by atoms with Gasteiger partial charge < -0.3 is 5.32 Å². The van der Waals surface area contributed by atoms with Gasteiger partial charge in [0.25, 0.3) is 0 Å². The molecule has 2 aliphatic rings. The molecule has 3 rings (SSSR count). The number of nitrogens with zero attached hydrogens (tertiary/aromatic N) is 2. The van der Waals surface area contributed by atoms with E-state index in [9.17, 15) is 0 Å². The molecule has 2 atom stereocenters. The Bertz CT molecular complexity index is 481. The Morgan fingerprint density at radius 2 is 2.10 bits per heavy atom. The van der Waals surface area contributed by atoms with Crippen molar-refractivity contribution in [2.45, 2.75) is 71.3 Å². The Labute approximate surface area is 122 Å². The van der Waals surface area contributed by atoms with Crippen LogP contribution >= 0.6 is 0 Å². The van der Waals surface area contributed by atoms with Crippen LogP contribution in [0.4, 0.5) is 0 Å². The van der Waals surface area contributed by atoms with Crippen LogP contribution in [0.3, 0.4) is 0 Å². The lowest BCUT2D eigenvalue weighted by Crippen LogP contribution is -2.27. The van der Waals surface area contributed by atoms with Crippen molar-refractivity contribution in [1.29, 1.82) is 0 Å². The molecule has 0 radical (unpaired) electrons. The van der Waals surface area contributed by atoms with Gasteiger partial charge in [-0.2, -0.15) is 0 Å². The summed E-state index contributed by atoms with van der Waals surface area (Å²) in [7, 11) is 0. The van der Waals surface area contributed by atoms with Crippen LogP contribution in [0.15, 0.2) is 0 Å². The first-order valence-electron chi connectivity index (χ1n) is 8.29. The van der Waals surface area contributed by atoms with E-state index in [-0.39, 0.29) is 0 Å². The van der Waals surface area contributed by atoms with Crippen LogP contribution in [0, 0.1) is 5.92 Å². The molecule has 2 heterocycles. The minimum Gasteiger partial charge on any atom is -0.311 e. The molecule has 1 saturated carbocycles. The zero-order valence-electron chi connectivity index (χ0n) is 13.1. The second-order valence-electron chi connectivity index (χ2n) is 6.76. The molecule has 0 amide bonds. The molecule has 0 saturated heterocycles. The molecule has 110 valence electrons. The van der Waals surface area contributed by atoms with Gasteiger partial charge in [0.15, 0.2) is 0 Å². The lowest BCUT2D eigenvalue weighted by atomic mass is 9.96. The monoisotopic (exact) mass is 273 g/mol. The Morgan fingerprint density at radius 1 is 1.25 bits per heavy atom. The molecule has 2 unspecified atom stereocenters. The molecule has 3 nitrogen and oxygen atoms in total. The van der Waals surface area contributed by atoms with Crippen LogP contribution in [0.2, 0.25) is 0 Å². The van der Waals surface area contributed by atoms with Crippen molar-refractivity contribution < 1.29 is 0 Å². The van der Waals surface area contributed by atoms with Crippen LogP contribution < -0.4 is 5.32 Å². The molecule has 0 aromatic carbocycles. The maximum atomic E-state index is 5.00. The van der Waals surface area contributed by atoms with Gasteiger partial charge in [-0.3, -0.25) is 0 Å². The molecule has 1 aliphatic heterocycles. The highest BCUT2D eigenvalue weighted by molar-refractivity contribution is 5.31. The Balaban J connectivity index is 1.94. The zero-order valence-corrected chi connectivity index (χ0v) is 13.1. The van der Waals surface area contributed by atoms with E-state index in [1.54, 1.807) is 0 Å². The summed E-state index contributed by atoms with van der Waals surface area (Å²) in [6.07, 6.45) is 6.32. The normalized spacial score (nSPS) is 26.0. The number of nitrogens with one attached hydrogen (secondary N) is 1. The first-order chi connectivity index (χ1) is 9.69. The molecule has 3 heteroatoms. The third kappa shape index (κ3) is 2.60. The molecule has 1 fully saturated rings. The number of hydrogen-bond donors (Lipinski definition) is 1. The minimum absolute atomic E-state index is 0.506. The Morgan fingerprint density at radius 3 is 2.80 bits per heavy atom. The molecule has 20 heavy (non-hydrogen) atoms. The van der Waals surface area contributed by atoms with Gasteiger partial charge in [0.1, 0.15) is 5.82 Å². The van der Waals surface area contributed by atoms with Crippen LogP contribution in [0.25, 0.3) is 0 Å². The van der Waals surface area contributed by atoms with Crippen molar-refractivity contribution in [3.8, 4) is 0 Å². The first-order valence-corrected chi connectivity index (χ1v) is 8.29. The van der Waals surface area contributed by atoms with Crippen LogP contribution in [-0.4, -0.2) is 16.5 Å². The molecular formula is C17H27N3. The van der Waals surface area contributed by atoms with Crippen molar-refractivity contribution in [3.05, 3.63) is 22.8 Å². The van der Waals surface area contributed by atoms with Gasteiger partial charge in [-0.15, -0.1) is 0 Å². The summed E-state index contributed by atoms with van der Waals surface area (Å²) in [5, 5.41) is 3.45. The van der Waals surface area contributed by atoms with Gasteiger partial charge in [0.2, 0.25) is 0 Å². The number of rotatable bonds is 3. The molecule has 1 aromatic heterocycles. The summed E-state index contributed by atoms with van der Waals surface area (Å²) in [5.74, 6) is 3.13. The average molecular weight is 273 g/mol. The van der Waals surface area contributed by atoms with Gasteiger partial charge in [0.05, 0.1) is 11.4 Å². The predicted molar refractivity (Wildman–Crippen MR) is 81.9 cm³/mol. The fourth-order valence-electron chi connectivity index (χ4n) is 3.75. The second-order valence-corrected chi connectivity index (χ2v) is 6.76. The highest BCUT2D eigenvalue weighted by Crippen LogP contribution is 2.39. The van der Waals surface area contributed by atoms with Gasteiger partial charge in [-0.05, 0) is 49.6 Å². The summed E-state index contributed by atoms with van der Waals surface area (Å²) < 4.78 is 0. The molecule has 1 aliphatic carbocycles. The second kappa shape index (κ2) is 5.80. The van der Waals surface area contributed by atoms with E-state index in [0.717, 1.165) is 31.3 Å². The summed E-state index contributed by atoms with van der Waals surface area (Å²) >= 11 is 0. The van der Waals surface area contributed by atoms with E-state index < -0.39 is 0 Å².